The van der Waals surface area contributed by atoms with E-state index in [1.54, 1.807) is 10.4 Å². The molecule has 0 saturated carbocycles. The second-order valence-corrected chi connectivity index (χ2v) is 10.2. The van der Waals surface area contributed by atoms with Gasteiger partial charge in [0.25, 0.3) is 0 Å². The van der Waals surface area contributed by atoms with Crippen LogP contribution in [0.1, 0.15) is 5.56 Å². The van der Waals surface area contributed by atoms with Crippen molar-refractivity contribution in [2.45, 2.75) is 11.4 Å². The van der Waals surface area contributed by atoms with Gasteiger partial charge >= 0.3 is 0 Å². The highest BCUT2D eigenvalue weighted by Crippen LogP contribution is 2.32. The number of rotatable bonds is 5. The molecular formula is C23H26ClN3O2S. The van der Waals surface area contributed by atoms with Crippen LogP contribution < -0.4 is 4.90 Å². The highest BCUT2D eigenvalue weighted by Gasteiger charge is 2.30. The van der Waals surface area contributed by atoms with Crippen molar-refractivity contribution in [2.24, 2.45) is 0 Å². The fourth-order valence-corrected chi connectivity index (χ4v) is 5.75. The van der Waals surface area contributed by atoms with E-state index in [-0.39, 0.29) is 0 Å². The van der Waals surface area contributed by atoms with Gasteiger partial charge in [-0.3, -0.25) is 4.90 Å². The fourth-order valence-electron chi connectivity index (χ4n) is 3.99. The highest BCUT2D eigenvalue weighted by atomic mass is 35.5. The molecular weight excluding hydrogens is 418 g/mol. The maximum atomic E-state index is 13.5. The first kappa shape index (κ1) is 21.1. The van der Waals surface area contributed by atoms with Crippen molar-refractivity contribution < 1.29 is 8.42 Å². The Morgan fingerprint density at radius 3 is 2.17 bits per heavy atom. The third-order valence-corrected chi connectivity index (χ3v) is 7.82. The van der Waals surface area contributed by atoms with Gasteiger partial charge in [0.1, 0.15) is 0 Å². The Morgan fingerprint density at radius 2 is 1.50 bits per heavy atom. The maximum Gasteiger partial charge on any atom is 0.243 e. The summed E-state index contributed by atoms with van der Waals surface area (Å²) in [6, 6.07) is 19.2. The van der Waals surface area contributed by atoms with Gasteiger partial charge in [0, 0.05) is 68.3 Å². The molecule has 7 heteroatoms. The van der Waals surface area contributed by atoms with E-state index in [4.69, 9.17) is 11.6 Å². The van der Waals surface area contributed by atoms with Gasteiger partial charge < -0.3 is 4.90 Å². The molecule has 0 radical (unpaired) electrons. The Morgan fingerprint density at radius 1 is 0.867 bits per heavy atom. The first-order valence-corrected chi connectivity index (χ1v) is 11.8. The number of benzene rings is 3. The van der Waals surface area contributed by atoms with Crippen LogP contribution in [-0.2, 0) is 16.6 Å². The molecule has 0 spiro atoms. The van der Waals surface area contributed by atoms with Crippen LogP contribution in [-0.4, -0.2) is 57.9 Å². The van der Waals surface area contributed by atoms with Gasteiger partial charge in [0.2, 0.25) is 10.0 Å². The molecule has 30 heavy (non-hydrogen) atoms. The molecule has 0 aliphatic carbocycles. The summed E-state index contributed by atoms with van der Waals surface area (Å²) in [4.78, 5) is 4.67. The third kappa shape index (κ3) is 4.18. The lowest BCUT2D eigenvalue weighted by Crippen LogP contribution is -2.48. The van der Waals surface area contributed by atoms with E-state index in [0.717, 1.165) is 28.0 Å². The molecule has 0 amide bonds. The van der Waals surface area contributed by atoms with Gasteiger partial charge in [-0.15, -0.1) is 0 Å². The van der Waals surface area contributed by atoms with Gasteiger partial charge in [-0.25, -0.2) is 8.42 Å². The molecule has 5 nitrogen and oxygen atoms in total. The van der Waals surface area contributed by atoms with Crippen molar-refractivity contribution in [2.75, 3.05) is 45.2 Å². The lowest BCUT2D eigenvalue weighted by molar-refractivity contribution is 0.181. The first-order valence-electron chi connectivity index (χ1n) is 10.0. The second-order valence-electron chi connectivity index (χ2n) is 7.83. The van der Waals surface area contributed by atoms with Gasteiger partial charge in [0.15, 0.2) is 0 Å². The number of hydrogen-bond donors (Lipinski definition) is 0. The molecule has 1 saturated heterocycles. The average Bonchev–Trinajstić information content (AvgIpc) is 2.74. The summed E-state index contributed by atoms with van der Waals surface area (Å²) >= 11 is 5.96. The van der Waals surface area contributed by atoms with Crippen molar-refractivity contribution in [3.05, 3.63) is 71.2 Å². The Balaban J connectivity index is 1.54. The number of halogens is 1. The van der Waals surface area contributed by atoms with E-state index in [1.165, 1.54) is 5.56 Å². The number of nitrogens with zero attached hydrogens (tertiary/aromatic N) is 3. The zero-order valence-electron chi connectivity index (χ0n) is 17.3. The largest absolute Gasteiger partial charge is 0.377 e. The lowest BCUT2D eigenvalue weighted by atomic mass is 10.1. The van der Waals surface area contributed by atoms with Gasteiger partial charge in [-0.1, -0.05) is 48.0 Å². The predicted molar refractivity (Wildman–Crippen MR) is 124 cm³/mol. The van der Waals surface area contributed by atoms with Crippen molar-refractivity contribution in [3.8, 4) is 0 Å². The van der Waals surface area contributed by atoms with Crippen LogP contribution in [0.5, 0.6) is 0 Å². The second kappa shape index (κ2) is 8.55. The highest BCUT2D eigenvalue weighted by molar-refractivity contribution is 7.89. The van der Waals surface area contributed by atoms with E-state index < -0.39 is 10.0 Å². The predicted octanol–water partition coefficient (Wildman–Crippen LogP) is 4.07. The minimum atomic E-state index is -3.56. The van der Waals surface area contributed by atoms with Gasteiger partial charge in [0.05, 0.1) is 4.90 Å². The van der Waals surface area contributed by atoms with Gasteiger partial charge in [-0.2, -0.15) is 4.31 Å². The summed E-state index contributed by atoms with van der Waals surface area (Å²) in [7, 11) is 0.374. The van der Waals surface area contributed by atoms with Crippen molar-refractivity contribution >= 4 is 38.1 Å². The molecule has 0 atom stereocenters. The number of fused-ring (bicyclic) bond motifs is 1. The SMILES string of the molecule is CN(C)c1cccc2c(S(=O)(=O)N3CCN(Cc4ccc(Cl)cc4)CC3)cccc12. The summed E-state index contributed by atoms with van der Waals surface area (Å²) in [6.45, 7) is 3.18. The molecule has 1 aliphatic heterocycles. The van der Waals surface area contributed by atoms with Crippen LogP contribution in [0.4, 0.5) is 5.69 Å². The van der Waals surface area contributed by atoms with E-state index in [0.29, 0.717) is 31.1 Å². The number of sulfonamides is 1. The van der Waals surface area contributed by atoms with Crippen LogP contribution in [0.15, 0.2) is 65.6 Å². The normalized spacial score (nSPS) is 16.1. The summed E-state index contributed by atoms with van der Waals surface area (Å²) in [5, 5.41) is 2.44. The van der Waals surface area contributed by atoms with E-state index in [1.807, 2.05) is 73.6 Å². The van der Waals surface area contributed by atoms with Gasteiger partial charge in [-0.05, 0) is 29.8 Å². The molecule has 0 bridgehead atoms. The molecule has 0 N–H and O–H groups in total. The average molecular weight is 444 g/mol. The standard InChI is InChI=1S/C23H26ClN3O2S/c1-25(2)22-7-3-6-21-20(22)5-4-8-23(21)30(28,29)27-15-13-26(14-16-27)17-18-9-11-19(24)12-10-18/h3-12H,13-17H2,1-2H3. The molecule has 1 fully saturated rings. The Hall–Kier alpha value is -2.12. The summed E-state index contributed by atoms with van der Waals surface area (Å²) < 4.78 is 28.5. The Bertz CT molecular complexity index is 1140. The molecule has 1 aliphatic rings. The van der Waals surface area contributed by atoms with Crippen LogP contribution in [0.2, 0.25) is 5.02 Å². The summed E-state index contributed by atoms with van der Waals surface area (Å²) in [5.74, 6) is 0. The maximum absolute atomic E-state index is 13.5. The molecule has 3 aromatic rings. The monoisotopic (exact) mass is 443 g/mol. The number of piperazine rings is 1. The van der Waals surface area contributed by atoms with E-state index >= 15 is 0 Å². The van der Waals surface area contributed by atoms with Crippen LogP contribution in [0.3, 0.4) is 0 Å². The van der Waals surface area contributed by atoms with Crippen LogP contribution in [0.25, 0.3) is 10.8 Å². The Kier molecular flexibility index (Phi) is 6.02. The fraction of sp³-hybridized carbons (Fsp3) is 0.304. The molecule has 158 valence electrons. The molecule has 0 aromatic heterocycles. The van der Waals surface area contributed by atoms with E-state index in [2.05, 4.69) is 4.90 Å². The van der Waals surface area contributed by atoms with E-state index in [9.17, 15) is 8.42 Å². The molecule has 1 heterocycles. The lowest BCUT2D eigenvalue weighted by Gasteiger charge is -2.34. The van der Waals surface area contributed by atoms with Crippen molar-refractivity contribution in [1.82, 2.24) is 9.21 Å². The zero-order chi connectivity index (χ0) is 21.3. The van der Waals surface area contributed by atoms with Crippen LogP contribution in [0, 0.1) is 0 Å². The quantitative estimate of drug-likeness (QED) is 0.596. The minimum Gasteiger partial charge on any atom is -0.377 e. The number of hydrogen-bond acceptors (Lipinski definition) is 4. The van der Waals surface area contributed by atoms with Crippen molar-refractivity contribution in [1.29, 1.82) is 0 Å². The Labute approximate surface area is 183 Å². The first-order chi connectivity index (χ1) is 14.4. The zero-order valence-corrected chi connectivity index (χ0v) is 18.8. The summed E-state index contributed by atoms with van der Waals surface area (Å²) in [5.41, 5.74) is 2.19. The third-order valence-electron chi connectivity index (χ3n) is 5.61. The topological polar surface area (TPSA) is 43.9 Å². The number of anilines is 1. The molecule has 3 aromatic carbocycles. The van der Waals surface area contributed by atoms with Crippen molar-refractivity contribution in [3.63, 3.8) is 0 Å². The smallest absolute Gasteiger partial charge is 0.243 e. The molecule has 4 rings (SSSR count). The minimum absolute atomic E-state index is 0.384. The summed E-state index contributed by atoms with van der Waals surface area (Å²) in [6.07, 6.45) is 0. The molecule has 0 unspecified atom stereocenters. The van der Waals surface area contributed by atoms with Crippen LogP contribution >= 0.6 is 11.6 Å².